The first kappa shape index (κ1) is 24.3. The van der Waals surface area contributed by atoms with Crippen LogP contribution in [0.15, 0.2) is 72.8 Å². The molecule has 1 atom stereocenters. The molecule has 0 spiro atoms. The Morgan fingerprint density at radius 2 is 1.86 bits per heavy atom. The van der Waals surface area contributed by atoms with Crippen LogP contribution in [0.1, 0.15) is 22.4 Å². The summed E-state index contributed by atoms with van der Waals surface area (Å²) < 4.78 is 19.7. The van der Waals surface area contributed by atoms with E-state index in [1.54, 1.807) is 38.4 Å². The summed E-state index contributed by atoms with van der Waals surface area (Å²) in [7, 11) is 3.24. The van der Waals surface area contributed by atoms with Crippen LogP contribution in [0.25, 0.3) is 17.0 Å². The first-order chi connectivity index (χ1) is 17.9. The van der Waals surface area contributed by atoms with Gasteiger partial charge in [-0.1, -0.05) is 36.4 Å². The average molecular weight is 498 g/mol. The minimum atomic E-state index is -0.882. The van der Waals surface area contributed by atoms with Crippen LogP contribution in [0, 0.1) is 5.82 Å². The summed E-state index contributed by atoms with van der Waals surface area (Å²) in [6.45, 7) is 0. The number of likely N-dealkylation sites (N-methyl/N-ethyl adjacent to an activating group) is 1. The highest BCUT2D eigenvalue weighted by atomic mass is 19.1. The molecule has 1 aliphatic rings. The number of ether oxygens (including phenoxy) is 1. The number of aromatic amines is 1. The molecule has 2 N–H and O–H groups in total. The number of methoxy groups -OCH3 is 1. The number of nitrogens with zero attached hydrogens (tertiary/aromatic N) is 1. The number of anilines is 1. The molecule has 2 amide bonds. The predicted molar refractivity (Wildman–Crippen MR) is 143 cm³/mol. The number of aromatic nitrogens is 1. The molecule has 1 aliphatic heterocycles. The summed E-state index contributed by atoms with van der Waals surface area (Å²) in [5.41, 5.74) is 4.74. The molecule has 4 aromatic rings. The second-order valence-electron chi connectivity index (χ2n) is 9.22. The lowest BCUT2D eigenvalue weighted by Gasteiger charge is -2.25. The summed E-state index contributed by atoms with van der Waals surface area (Å²) in [4.78, 5) is 31.9. The Morgan fingerprint density at radius 3 is 2.65 bits per heavy atom. The van der Waals surface area contributed by atoms with Gasteiger partial charge in [-0.2, -0.15) is 0 Å². The highest BCUT2D eigenvalue weighted by Crippen LogP contribution is 2.25. The molecule has 0 saturated heterocycles. The number of rotatable bonds is 3. The van der Waals surface area contributed by atoms with Crippen LogP contribution in [0.5, 0.6) is 5.75 Å². The molecular formula is C30H28FN3O3. The molecule has 37 heavy (non-hydrogen) atoms. The number of fused-ring (bicyclic) bond motifs is 5. The number of benzene rings is 3. The van der Waals surface area contributed by atoms with E-state index in [1.807, 2.05) is 42.5 Å². The number of allylic oxidation sites excluding steroid dienone is 1. The van der Waals surface area contributed by atoms with Gasteiger partial charge in [-0.25, -0.2) is 4.39 Å². The van der Waals surface area contributed by atoms with Crippen LogP contribution in [-0.4, -0.2) is 37.0 Å². The molecule has 188 valence electrons. The van der Waals surface area contributed by atoms with Gasteiger partial charge >= 0.3 is 0 Å². The fourth-order valence-corrected chi connectivity index (χ4v) is 4.84. The fourth-order valence-electron chi connectivity index (χ4n) is 4.84. The normalized spacial score (nSPS) is 15.6. The average Bonchev–Trinajstić information content (AvgIpc) is 3.24. The molecule has 2 heterocycles. The van der Waals surface area contributed by atoms with Crippen molar-refractivity contribution in [1.82, 2.24) is 10.3 Å². The van der Waals surface area contributed by atoms with Crippen LogP contribution >= 0.6 is 0 Å². The van der Waals surface area contributed by atoms with Gasteiger partial charge in [-0.05, 0) is 59.2 Å². The second-order valence-corrected chi connectivity index (χ2v) is 9.22. The maximum atomic E-state index is 14.5. The van der Waals surface area contributed by atoms with Gasteiger partial charge < -0.3 is 19.9 Å². The SMILES string of the molecule is COc1ccc(N(C)C(=O)C2Cc3cc(F)cc(c3)C=CCc3[nH]c4ccccc4c3CC(=O)N2)cc1. The Balaban J connectivity index is 1.52. The first-order valence-electron chi connectivity index (χ1n) is 12.2. The summed E-state index contributed by atoms with van der Waals surface area (Å²) in [6, 6.07) is 18.8. The maximum Gasteiger partial charge on any atom is 0.249 e. The standard InChI is InChI=1S/C30H28FN3O3/c1-34(22-10-12-23(37-2)13-11-22)30(36)28-17-20-14-19(15-21(31)16-20)6-5-9-27-25(18-29(35)33-28)24-7-3-4-8-26(24)32-27/h3-8,10-16,28,32H,9,17-18H2,1-2H3,(H,33,35). The fraction of sp³-hybridized carbons (Fsp3) is 0.200. The molecular weight excluding hydrogens is 469 g/mol. The number of hydrogen-bond acceptors (Lipinski definition) is 3. The molecule has 7 heteroatoms. The molecule has 6 nitrogen and oxygen atoms in total. The Kier molecular flexibility index (Phi) is 6.77. The van der Waals surface area contributed by atoms with E-state index in [0.29, 0.717) is 29.0 Å². The monoisotopic (exact) mass is 497 g/mol. The minimum absolute atomic E-state index is 0.120. The quantitative estimate of drug-likeness (QED) is 0.426. The highest BCUT2D eigenvalue weighted by molar-refractivity contribution is 6.00. The van der Waals surface area contributed by atoms with E-state index in [4.69, 9.17) is 4.74 Å². The Labute approximate surface area is 214 Å². The largest absolute Gasteiger partial charge is 0.497 e. The summed E-state index contributed by atoms with van der Waals surface area (Å²) >= 11 is 0. The Bertz CT molecular complexity index is 1490. The van der Waals surface area contributed by atoms with Gasteiger partial charge in [0.2, 0.25) is 11.8 Å². The number of nitrogens with one attached hydrogen (secondary N) is 2. The molecule has 2 bridgehead atoms. The van der Waals surface area contributed by atoms with Crippen molar-refractivity contribution in [2.45, 2.75) is 25.3 Å². The molecule has 0 aliphatic carbocycles. The van der Waals surface area contributed by atoms with Gasteiger partial charge in [0.1, 0.15) is 17.6 Å². The molecule has 3 aromatic carbocycles. The van der Waals surface area contributed by atoms with Crippen molar-refractivity contribution in [1.29, 1.82) is 0 Å². The van der Waals surface area contributed by atoms with Crippen molar-refractivity contribution in [3.8, 4) is 5.75 Å². The van der Waals surface area contributed by atoms with Gasteiger partial charge in [0, 0.05) is 42.2 Å². The van der Waals surface area contributed by atoms with Crippen LogP contribution in [0.2, 0.25) is 0 Å². The van der Waals surface area contributed by atoms with Gasteiger partial charge in [-0.15, -0.1) is 0 Å². The maximum absolute atomic E-state index is 14.5. The topological polar surface area (TPSA) is 74.4 Å². The lowest BCUT2D eigenvalue weighted by molar-refractivity contribution is -0.127. The summed E-state index contributed by atoms with van der Waals surface area (Å²) in [5, 5.41) is 3.91. The zero-order valence-electron chi connectivity index (χ0n) is 20.8. The number of para-hydroxylation sites is 1. The molecule has 0 radical (unpaired) electrons. The van der Waals surface area contributed by atoms with Crippen molar-refractivity contribution < 1.29 is 18.7 Å². The van der Waals surface area contributed by atoms with Crippen molar-refractivity contribution >= 4 is 34.5 Å². The third kappa shape index (κ3) is 5.26. The summed E-state index contributed by atoms with van der Waals surface area (Å²) in [6.07, 6.45) is 4.67. The molecule has 1 aromatic heterocycles. The van der Waals surface area contributed by atoms with Crippen molar-refractivity contribution in [2.75, 3.05) is 19.1 Å². The second kappa shape index (κ2) is 10.3. The van der Waals surface area contributed by atoms with E-state index in [-0.39, 0.29) is 30.5 Å². The van der Waals surface area contributed by atoms with Gasteiger partial charge in [0.15, 0.2) is 0 Å². The highest BCUT2D eigenvalue weighted by Gasteiger charge is 2.27. The zero-order valence-corrected chi connectivity index (χ0v) is 20.8. The smallest absolute Gasteiger partial charge is 0.249 e. The number of hydrogen-bond donors (Lipinski definition) is 2. The Hall–Kier alpha value is -4.39. The van der Waals surface area contributed by atoms with Crippen molar-refractivity contribution in [3.63, 3.8) is 0 Å². The lowest BCUT2D eigenvalue weighted by atomic mass is 10.0. The first-order valence-corrected chi connectivity index (χ1v) is 12.2. The van der Waals surface area contributed by atoms with E-state index in [1.165, 1.54) is 17.0 Å². The van der Waals surface area contributed by atoms with E-state index in [0.717, 1.165) is 22.2 Å². The number of carbonyl (C=O) groups excluding carboxylic acids is 2. The van der Waals surface area contributed by atoms with Gasteiger partial charge in [-0.3, -0.25) is 9.59 Å². The third-order valence-corrected chi connectivity index (χ3v) is 6.71. The van der Waals surface area contributed by atoms with Crippen LogP contribution < -0.4 is 15.0 Å². The number of H-pyrrole nitrogens is 1. The lowest BCUT2D eigenvalue weighted by Crippen LogP contribution is -2.49. The Morgan fingerprint density at radius 1 is 1.08 bits per heavy atom. The zero-order chi connectivity index (χ0) is 25.9. The molecule has 0 saturated carbocycles. The van der Waals surface area contributed by atoms with E-state index in [9.17, 15) is 14.0 Å². The van der Waals surface area contributed by atoms with Crippen LogP contribution in [0.3, 0.4) is 0 Å². The van der Waals surface area contributed by atoms with Gasteiger partial charge in [0.25, 0.3) is 0 Å². The van der Waals surface area contributed by atoms with E-state index in [2.05, 4.69) is 10.3 Å². The van der Waals surface area contributed by atoms with Crippen molar-refractivity contribution in [3.05, 3.63) is 101 Å². The van der Waals surface area contributed by atoms with Gasteiger partial charge in [0.05, 0.1) is 13.5 Å². The molecule has 1 unspecified atom stereocenters. The van der Waals surface area contributed by atoms with Crippen LogP contribution in [-0.2, 0) is 28.9 Å². The molecule has 0 fully saturated rings. The third-order valence-electron chi connectivity index (χ3n) is 6.71. The summed E-state index contributed by atoms with van der Waals surface area (Å²) in [5.74, 6) is -0.282. The number of halogens is 1. The van der Waals surface area contributed by atoms with E-state index >= 15 is 0 Å². The van der Waals surface area contributed by atoms with E-state index < -0.39 is 6.04 Å². The van der Waals surface area contributed by atoms with Crippen molar-refractivity contribution in [2.24, 2.45) is 0 Å². The minimum Gasteiger partial charge on any atom is -0.497 e. The number of carbonyl (C=O) groups is 2. The number of amides is 2. The van der Waals surface area contributed by atoms with Crippen LogP contribution in [0.4, 0.5) is 10.1 Å². The predicted octanol–water partition coefficient (Wildman–Crippen LogP) is 4.82. The molecule has 5 rings (SSSR count).